The third-order valence-electron chi connectivity index (χ3n) is 4.95. The highest BCUT2D eigenvalue weighted by atomic mass is 32.1. The smallest absolute Gasteiger partial charge is 0.303 e. The van der Waals surface area contributed by atoms with Crippen molar-refractivity contribution in [2.75, 3.05) is 9.80 Å². The van der Waals surface area contributed by atoms with Gasteiger partial charge in [-0.3, -0.25) is 14.5 Å². The van der Waals surface area contributed by atoms with E-state index in [2.05, 4.69) is 0 Å². The van der Waals surface area contributed by atoms with E-state index in [4.69, 9.17) is 17.5 Å². The predicted octanol–water partition coefficient (Wildman–Crippen LogP) is 4.84. The summed E-state index contributed by atoms with van der Waals surface area (Å²) in [4.78, 5) is 26.8. The van der Waals surface area contributed by atoms with Crippen molar-refractivity contribution in [3.8, 4) is 6.07 Å². The lowest BCUT2D eigenvalue weighted by Gasteiger charge is -2.29. The van der Waals surface area contributed by atoms with Crippen molar-refractivity contribution >= 4 is 40.4 Å². The molecule has 0 bridgehead atoms. The Balaban J connectivity index is 2.12. The molecule has 1 aliphatic heterocycles. The van der Waals surface area contributed by atoms with Crippen LogP contribution in [0.25, 0.3) is 0 Å². The minimum Gasteiger partial charge on any atom is -0.303 e. The summed E-state index contributed by atoms with van der Waals surface area (Å²) in [6.07, 6.45) is -4.81. The van der Waals surface area contributed by atoms with Crippen LogP contribution in [0.15, 0.2) is 36.4 Å². The van der Waals surface area contributed by atoms with E-state index in [1.165, 1.54) is 49.9 Å². The summed E-state index contributed by atoms with van der Waals surface area (Å²) in [5, 5.41) is 8.82. The summed E-state index contributed by atoms with van der Waals surface area (Å²) < 4.78 is 54.5. The van der Waals surface area contributed by atoms with Crippen LogP contribution in [-0.4, -0.2) is 22.3 Å². The summed E-state index contributed by atoms with van der Waals surface area (Å²) in [6, 6.07) is 8.02. The normalized spacial score (nSPS) is 15.9. The molecule has 5 nitrogen and oxygen atoms in total. The Morgan fingerprint density at radius 1 is 1.13 bits per heavy atom. The minimum atomic E-state index is -4.81. The Labute approximate surface area is 180 Å². The quantitative estimate of drug-likeness (QED) is 0.381. The molecule has 1 heterocycles. The number of amides is 1. The van der Waals surface area contributed by atoms with E-state index in [0.717, 1.165) is 17.0 Å². The summed E-state index contributed by atoms with van der Waals surface area (Å²) in [7, 11) is 0. The molecule has 160 valence electrons. The summed E-state index contributed by atoms with van der Waals surface area (Å²) >= 11 is 5.37. The first-order valence-electron chi connectivity index (χ1n) is 8.91. The van der Waals surface area contributed by atoms with Crippen molar-refractivity contribution in [2.45, 2.75) is 32.5 Å². The predicted molar refractivity (Wildman–Crippen MR) is 109 cm³/mol. The molecular formula is C21H15F4N3O2S. The number of rotatable bonds is 3. The number of anilines is 2. The van der Waals surface area contributed by atoms with Gasteiger partial charge in [0.25, 0.3) is 5.91 Å². The van der Waals surface area contributed by atoms with Crippen LogP contribution >= 0.6 is 12.2 Å². The van der Waals surface area contributed by atoms with Gasteiger partial charge < -0.3 is 4.90 Å². The molecule has 0 N–H and O–H groups in total. The van der Waals surface area contributed by atoms with Gasteiger partial charge >= 0.3 is 6.18 Å². The zero-order valence-corrected chi connectivity index (χ0v) is 17.4. The molecule has 1 saturated heterocycles. The molecule has 3 rings (SSSR count). The van der Waals surface area contributed by atoms with Gasteiger partial charge in [0.1, 0.15) is 11.4 Å². The average Bonchev–Trinajstić information content (AvgIpc) is 2.84. The van der Waals surface area contributed by atoms with Crippen LogP contribution in [0.1, 0.15) is 42.3 Å². The van der Waals surface area contributed by atoms with Crippen LogP contribution in [0.4, 0.5) is 28.9 Å². The van der Waals surface area contributed by atoms with Crippen LogP contribution < -0.4 is 9.80 Å². The molecule has 2 aromatic rings. The van der Waals surface area contributed by atoms with E-state index >= 15 is 0 Å². The molecular weight excluding hydrogens is 434 g/mol. The number of thiocarbonyl (C=S) groups is 1. The molecule has 2 aromatic carbocycles. The third kappa shape index (κ3) is 3.65. The van der Waals surface area contributed by atoms with Gasteiger partial charge in [0.2, 0.25) is 0 Å². The van der Waals surface area contributed by atoms with E-state index in [1.807, 2.05) is 0 Å². The second-order valence-corrected chi connectivity index (χ2v) is 7.74. The number of Topliss-reactive ketones (excluding diaryl/α,β-unsaturated/α-hetero) is 1. The van der Waals surface area contributed by atoms with Gasteiger partial charge in [-0.15, -0.1) is 0 Å². The second kappa shape index (κ2) is 7.42. The maximum Gasteiger partial charge on any atom is 0.417 e. The molecule has 0 saturated carbocycles. The van der Waals surface area contributed by atoms with Crippen molar-refractivity contribution < 1.29 is 27.2 Å². The molecule has 1 aliphatic rings. The zero-order valence-electron chi connectivity index (χ0n) is 16.5. The molecule has 10 heteroatoms. The molecule has 0 radical (unpaired) electrons. The summed E-state index contributed by atoms with van der Waals surface area (Å²) in [5.41, 5.74) is -3.29. The van der Waals surface area contributed by atoms with Gasteiger partial charge in [0.05, 0.1) is 28.4 Å². The Kier molecular flexibility index (Phi) is 5.36. The molecule has 0 aliphatic carbocycles. The number of hydrogen-bond acceptors (Lipinski definition) is 4. The Bertz CT molecular complexity index is 1170. The van der Waals surface area contributed by atoms with Gasteiger partial charge in [0, 0.05) is 5.69 Å². The van der Waals surface area contributed by atoms with Gasteiger partial charge in [-0.1, -0.05) is 0 Å². The maximum atomic E-state index is 14.4. The highest BCUT2D eigenvalue weighted by molar-refractivity contribution is 7.81. The average molecular weight is 449 g/mol. The molecule has 1 amide bonds. The molecule has 0 spiro atoms. The molecule has 0 aromatic heterocycles. The van der Waals surface area contributed by atoms with Gasteiger partial charge in [0.15, 0.2) is 10.9 Å². The van der Waals surface area contributed by atoms with Crippen LogP contribution in [0, 0.1) is 17.1 Å². The monoisotopic (exact) mass is 449 g/mol. The molecule has 31 heavy (non-hydrogen) atoms. The van der Waals surface area contributed by atoms with Crippen molar-refractivity contribution in [2.24, 2.45) is 0 Å². The van der Waals surface area contributed by atoms with Crippen LogP contribution in [0.3, 0.4) is 0 Å². The van der Waals surface area contributed by atoms with Gasteiger partial charge in [-0.25, -0.2) is 4.39 Å². The number of hydrogen-bond donors (Lipinski definition) is 0. The van der Waals surface area contributed by atoms with Crippen molar-refractivity contribution in [1.82, 2.24) is 0 Å². The van der Waals surface area contributed by atoms with Crippen LogP contribution in [0.2, 0.25) is 0 Å². The van der Waals surface area contributed by atoms with E-state index in [1.54, 1.807) is 0 Å². The molecule has 1 fully saturated rings. The highest BCUT2D eigenvalue weighted by Gasteiger charge is 2.50. The molecule has 0 atom stereocenters. The summed E-state index contributed by atoms with van der Waals surface area (Å²) in [6.45, 7) is 4.19. The lowest BCUT2D eigenvalue weighted by Crippen LogP contribution is -2.44. The fourth-order valence-corrected chi connectivity index (χ4v) is 3.91. The maximum absolute atomic E-state index is 14.4. The van der Waals surface area contributed by atoms with Crippen LogP contribution in [0.5, 0.6) is 0 Å². The largest absolute Gasteiger partial charge is 0.417 e. The van der Waals surface area contributed by atoms with Gasteiger partial charge in [-0.05, 0) is 69.4 Å². The number of carbonyl (C=O) groups excluding carboxylic acids is 2. The number of carbonyl (C=O) groups is 2. The summed E-state index contributed by atoms with van der Waals surface area (Å²) in [5.74, 6) is -1.93. The van der Waals surface area contributed by atoms with E-state index in [-0.39, 0.29) is 22.1 Å². The number of halogens is 4. The van der Waals surface area contributed by atoms with E-state index in [9.17, 15) is 27.2 Å². The van der Waals surface area contributed by atoms with Crippen molar-refractivity contribution in [3.63, 3.8) is 0 Å². The topological polar surface area (TPSA) is 64.4 Å². The standard InChI is InChI=1S/C21H15F4N3O2S/c1-11(29)15-7-6-14(9-17(15)22)28-19(31)27(18(30)20(28,2)3)13-5-4-12(10-26)16(8-13)21(23,24)25/h4-9H,1-3H3. The lowest BCUT2D eigenvalue weighted by molar-refractivity contribution is -0.137. The Hall–Kier alpha value is -3.32. The van der Waals surface area contributed by atoms with Gasteiger partial charge in [-0.2, -0.15) is 18.4 Å². The van der Waals surface area contributed by atoms with E-state index in [0.29, 0.717) is 6.07 Å². The lowest BCUT2D eigenvalue weighted by atomic mass is 10.0. The minimum absolute atomic E-state index is 0.142. The number of benzene rings is 2. The first-order valence-corrected chi connectivity index (χ1v) is 9.32. The number of ketones is 1. The van der Waals surface area contributed by atoms with Crippen LogP contribution in [-0.2, 0) is 11.0 Å². The first kappa shape index (κ1) is 22.4. The van der Waals surface area contributed by atoms with Crippen molar-refractivity contribution in [1.29, 1.82) is 5.26 Å². The molecule has 0 unspecified atom stereocenters. The highest BCUT2D eigenvalue weighted by Crippen LogP contribution is 2.39. The fraction of sp³-hybridized carbons (Fsp3) is 0.238. The number of nitriles is 1. The van der Waals surface area contributed by atoms with Crippen molar-refractivity contribution in [3.05, 3.63) is 58.9 Å². The Morgan fingerprint density at radius 3 is 2.26 bits per heavy atom. The number of nitrogens with zero attached hydrogens (tertiary/aromatic N) is 3. The SMILES string of the molecule is CC(=O)c1ccc(N2C(=S)N(c3ccc(C#N)c(C(F)(F)F)c3)C(=O)C2(C)C)cc1F. The fourth-order valence-electron chi connectivity index (χ4n) is 3.39. The van der Waals surface area contributed by atoms with E-state index < -0.39 is 40.3 Å². The second-order valence-electron chi connectivity index (χ2n) is 7.38. The number of alkyl halides is 3. The third-order valence-corrected chi connectivity index (χ3v) is 5.31. The Morgan fingerprint density at radius 2 is 1.74 bits per heavy atom. The first-order chi connectivity index (χ1) is 14.3. The zero-order chi connectivity index (χ0) is 23.3.